The van der Waals surface area contributed by atoms with Gasteiger partial charge in [-0.3, -0.25) is 4.57 Å². The molecule has 1 aromatic heterocycles. The smallest absolute Gasteiger partial charge is 0.224 e. The molecule has 0 aliphatic heterocycles. The maximum absolute atomic E-state index is 5.98. The second-order valence-electron chi connectivity index (χ2n) is 4.02. The summed E-state index contributed by atoms with van der Waals surface area (Å²) in [7, 11) is 0. The number of hydrogen-bond acceptors (Lipinski definition) is 3. The lowest BCUT2D eigenvalue weighted by Gasteiger charge is -2.08. The van der Waals surface area contributed by atoms with Crippen LogP contribution in [0.4, 0.5) is 5.95 Å². The summed E-state index contributed by atoms with van der Waals surface area (Å²) in [4.78, 5) is 0. The second-order valence-corrected chi connectivity index (χ2v) is 4.46. The summed E-state index contributed by atoms with van der Waals surface area (Å²) in [5.74, 6) is 1.78. The van der Waals surface area contributed by atoms with E-state index in [2.05, 4.69) is 27.0 Å². The monoisotopic (exact) mass is 264 g/mol. The molecule has 2 rings (SSSR count). The predicted octanol–water partition coefficient (Wildman–Crippen LogP) is 2.97. The van der Waals surface area contributed by atoms with E-state index in [1.807, 2.05) is 31.2 Å². The van der Waals surface area contributed by atoms with Crippen LogP contribution < -0.4 is 5.32 Å². The van der Waals surface area contributed by atoms with Crippen LogP contribution in [0.15, 0.2) is 24.3 Å². The van der Waals surface area contributed by atoms with E-state index < -0.39 is 0 Å². The Morgan fingerprint density at radius 1 is 1.28 bits per heavy atom. The third-order valence-corrected chi connectivity index (χ3v) is 2.96. The van der Waals surface area contributed by atoms with Crippen molar-refractivity contribution in [2.45, 2.75) is 26.8 Å². The van der Waals surface area contributed by atoms with Gasteiger partial charge >= 0.3 is 0 Å². The van der Waals surface area contributed by atoms with Gasteiger partial charge in [0.05, 0.1) is 0 Å². The van der Waals surface area contributed by atoms with E-state index >= 15 is 0 Å². The fraction of sp³-hybridized carbons (Fsp3) is 0.385. The van der Waals surface area contributed by atoms with Crippen LogP contribution in [0.5, 0.6) is 0 Å². The summed E-state index contributed by atoms with van der Waals surface area (Å²) >= 11 is 5.98. The van der Waals surface area contributed by atoms with Gasteiger partial charge in [0.1, 0.15) is 5.82 Å². The fourth-order valence-electron chi connectivity index (χ4n) is 1.92. The van der Waals surface area contributed by atoms with Gasteiger partial charge in [-0.2, -0.15) is 0 Å². The van der Waals surface area contributed by atoms with Crippen LogP contribution in [0.25, 0.3) is 0 Å². The highest BCUT2D eigenvalue weighted by molar-refractivity contribution is 6.30. The van der Waals surface area contributed by atoms with Gasteiger partial charge in [-0.05, 0) is 31.5 Å². The van der Waals surface area contributed by atoms with Gasteiger partial charge < -0.3 is 5.32 Å². The Hall–Kier alpha value is -1.55. The molecular weight excluding hydrogens is 248 g/mol. The first-order valence-electron chi connectivity index (χ1n) is 6.15. The van der Waals surface area contributed by atoms with Crippen molar-refractivity contribution in [3.63, 3.8) is 0 Å². The molecule has 0 atom stereocenters. The molecule has 4 nitrogen and oxygen atoms in total. The lowest BCUT2D eigenvalue weighted by Crippen LogP contribution is -2.08. The average Bonchev–Trinajstić information content (AvgIpc) is 2.72. The molecule has 1 heterocycles. The Labute approximate surface area is 112 Å². The average molecular weight is 265 g/mol. The SMILES string of the molecule is CCNc1nnc(Cc2cccc(Cl)c2)n1CC. The Balaban J connectivity index is 2.23. The Kier molecular flexibility index (Phi) is 4.20. The number of rotatable bonds is 5. The first-order chi connectivity index (χ1) is 8.74. The van der Waals surface area contributed by atoms with Gasteiger partial charge in [0.15, 0.2) is 0 Å². The molecule has 0 amide bonds. The van der Waals surface area contributed by atoms with E-state index in [0.29, 0.717) is 0 Å². The first-order valence-corrected chi connectivity index (χ1v) is 6.52. The Morgan fingerprint density at radius 2 is 2.11 bits per heavy atom. The number of nitrogens with one attached hydrogen (secondary N) is 1. The van der Waals surface area contributed by atoms with Crippen molar-refractivity contribution in [1.82, 2.24) is 14.8 Å². The molecule has 1 aromatic carbocycles. The zero-order valence-electron chi connectivity index (χ0n) is 10.7. The summed E-state index contributed by atoms with van der Waals surface area (Å²) in [5, 5.41) is 12.4. The van der Waals surface area contributed by atoms with Crippen LogP contribution in [0.3, 0.4) is 0 Å². The highest BCUT2D eigenvalue weighted by Crippen LogP contribution is 2.15. The number of nitrogens with zero attached hydrogens (tertiary/aromatic N) is 3. The molecule has 0 saturated heterocycles. The molecule has 18 heavy (non-hydrogen) atoms. The number of aromatic nitrogens is 3. The molecule has 0 radical (unpaired) electrons. The fourth-order valence-corrected chi connectivity index (χ4v) is 2.13. The van der Waals surface area contributed by atoms with E-state index in [9.17, 15) is 0 Å². The number of halogens is 1. The maximum Gasteiger partial charge on any atom is 0.224 e. The van der Waals surface area contributed by atoms with E-state index in [1.165, 1.54) is 0 Å². The normalized spacial score (nSPS) is 10.6. The van der Waals surface area contributed by atoms with E-state index in [1.54, 1.807) is 0 Å². The van der Waals surface area contributed by atoms with Gasteiger partial charge in [-0.15, -0.1) is 10.2 Å². The van der Waals surface area contributed by atoms with Crippen molar-refractivity contribution in [1.29, 1.82) is 0 Å². The van der Waals surface area contributed by atoms with Crippen molar-refractivity contribution in [2.24, 2.45) is 0 Å². The van der Waals surface area contributed by atoms with E-state index in [-0.39, 0.29) is 0 Å². The summed E-state index contributed by atoms with van der Waals surface area (Å²) in [6.07, 6.45) is 0.743. The third kappa shape index (κ3) is 2.82. The summed E-state index contributed by atoms with van der Waals surface area (Å²) in [6, 6.07) is 7.84. The van der Waals surface area contributed by atoms with Crippen LogP contribution in [0.2, 0.25) is 5.02 Å². The van der Waals surface area contributed by atoms with E-state index in [0.717, 1.165) is 41.9 Å². The van der Waals surface area contributed by atoms with Crippen LogP contribution in [-0.4, -0.2) is 21.3 Å². The van der Waals surface area contributed by atoms with Crippen molar-refractivity contribution in [3.05, 3.63) is 40.7 Å². The van der Waals surface area contributed by atoms with Crippen LogP contribution >= 0.6 is 11.6 Å². The number of anilines is 1. The minimum atomic E-state index is 0.743. The molecule has 1 N–H and O–H groups in total. The molecule has 2 aromatic rings. The largest absolute Gasteiger partial charge is 0.355 e. The molecule has 5 heteroatoms. The Morgan fingerprint density at radius 3 is 2.78 bits per heavy atom. The quantitative estimate of drug-likeness (QED) is 0.903. The molecule has 0 spiro atoms. The highest BCUT2D eigenvalue weighted by Gasteiger charge is 2.10. The summed E-state index contributed by atoms with van der Waals surface area (Å²) in [5.41, 5.74) is 1.15. The molecule has 0 fully saturated rings. The van der Waals surface area contributed by atoms with Crippen LogP contribution in [0.1, 0.15) is 25.2 Å². The first kappa shape index (κ1) is 12.9. The molecular formula is C13H17ClN4. The summed E-state index contributed by atoms with van der Waals surface area (Å²) in [6.45, 7) is 5.83. The number of hydrogen-bond donors (Lipinski definition) is 1. The predicted molar refractivity (Wildman–Crippen MR) is 74.1 cm³/mol. The maximum atomic E-state index is 5.98. The molecule has 0 unspecified atom stereocenters. The van der Waals surface area contributed by atoms with Gasteiger partial charge in [0.25, 0.3) is 0 Å². The molecule has 0 aliphatic carbocycles. The third-order valence-electron chi connectivity index (χ3n) is 2.73. The Bertz CT molecular complexity index is 521. The zero-order valence-corrected chi connectivity index (χ0v) is 11.4. The van der Waals surface area contributed by atoms with Crippen LogP contribution in [-0.2, 0) is 13.0 Å². The lowest BCUT2D eigenvalue weighted by atomic mass is 10.1. The van der Waals surface area contributed by atoms with Crippen molar-refractivity contribution in [3.8, 4) is 0 Å². The van der Waals surface area contributed by atoms with E-state index in [4.69, 9.17) is 11.6 Å². The standard InChI is InChI=1S/C13H17ClN4/c1-3-15-13-17-16-12(18(13)4-2)9-10-6-5-7-11(14)8-10/h5-8H,3-4,9H2,1-2H3,(H,15,17). The molecule has 0 saturated carbocycles. The minimum Gasteiger partial charge on any atom is -0.355 e. The molecule has 96 valence electrons. The molecule has 0 bridgehead atoms. The van der Waals surface area contributed by atoms with Gasteiger partial charge in [0, 0.05) is 24.5 Å². The van der Waals surface area contributed by atoms with Crippen LogP contribution in [0, 0.1) is 0 Å². The van der Waals surface area contributed by atoms with Crippen molar-refractivity contribution < 1.29 is 0 Å². The number of benzene rings is 1. The molecule has 0 aliphatic rings. The highest BCUT2D eigenvalue weighted by atomic mass is 35.5. The van der Waals surface area contributed by atoms with Gasteiger partial charge in [-0.1, -0.05) is 23.7 Å². The minimum absolute atomic E-state index is 0.743. The van der Waals surface area contributed by atoms with Gasteiger partial charge in [-0.25, -0.2) is 0 Å². The zero-order chi connectivity index (χ0) is 13.0. The lowest BCUT2D eigenvalue weighted by molar-refractivity contribution is 0.716. The topological polar surface area (TPSA) is 42.7 Å². The van der Waals surface area contributed by atoms with Gasteiger partial charge in [0.2, 0.25) is 5.95 Å². The van der Waals surface area contributed by atoms with Crippen molar-refractivity contribution in [2.75, 3.05) is 11.9 Å². The summed E-state index contributed by atoms with van der Waals surface area (Å²) < 4.78 is 2.09. The second kappa shape index (κ2) is 5.87. The van der Waals surface area contributed by atoms with Crippen molar-refractivity contribution >= 4 is 17.5 Å².